The number of ether oxygens (including phenoxy) is 1. The third-order valence-corrected chi connectivity index (χ3v) is 5.78. The molecule has 1 aliphatic heterocycles. The Kier molecular flexibility index (Phi) is 5.94. The minimum Gasteiger partial charge on any atom is -0.453 e. The van der Waals surface area contributed by atoms with Crippen LogP contribution < -0.4 is 5.32 Å². The SMILES string of the molecule is C[C@H](OC(=O)C[C@@H]1CCS(=O)(=O)C1)C(=O)Nc1ccc(C(F)(F)F)cc1. The molecule has 0 bridgehead atoms. The molecule has 2 atom stereocenters. The number of alkyl halides is 3. The smallest absolute Gasteiger partial charge is 0.416 e. The van der Waals surface area contributed by atoms with E-state index in [1.165, 1.54) is 6.92 Å². The fourth-order valence-corrected chi connectivity index (χ4v) is 4.42. The molecule has 0 aliphatic carbocycles. The zero-order valence-corrected chi connectivity index (χ0v) is 14.7. The second kappa shape index (κ2) is 7.65. The summed E-state index contributed by atoms with van der Waals surface area (Å²) >= 11 is 0. The van der Waals surface area contributed by atoms with Crippen LogP contribution >= 0.6 is 0 Å². The Hall–Kier alpha value is -2.10. The van der Waals surface area contributed by atoms with Crippen molar-refractivity contribution >= 4 is 27.4 Å². The van der Waals surface area contributed by atoms with Gasteiger partial charge in [0.05, 0.1) is 17.1 Å². The summed E-state index contributed by atoms with van der Waals surface area (Å²) in [7, 11) is -3.11. The average Bonchev–Trinajstić information content (AvgIpc) is 2.85. The fourth-order valence-electron chi connectivity index (χ4n) is 2.55. The molecule has 144 valence electrons. The highest BCUT2D eigenvalue weighted by atomic mass is 32.2. The third-order valence-electron chi connectivity index (χ3n) is 3.94. The number of hydrogen-bond acceptors (Lipinski definition) is 5. The van der Waals surface area contributed by atoms with Crippen LogP contribution in [0.4, 0.5) is 18.9 Å². The summed E-state index contributed by atoms with van der Waals surface area (Å²) < 4.78 is 65.1. The van der Waals surface area contributed by atoms with Crippen LogP contribution in [0.3, 0.4) is 0 Å². The van der Waals surface area contributed by atoms with E-state index in [0.29, 0.717) is 6.42 Å². The quantitative estimate of drug-likeness (QED) is 0.776. The average molecular weight is 393 g/mol. The molecule has 1 saturated heterocycles. The molecule has 1 aromatic carbocycles. The highest BCUT2D eigenvalue weighted by Crippen LogP contribution is 2.29. The van der Waals surface area contributed by atoms with Crippen molar-refractivity contribution in [1.82, 2.24) is 0 Å². The Balaban J connectivity index is 1.84. The molecule has 10 heteroatoms. The van der Waals surface area contributed by atoms with Crippen LogP contribution in [0.1, 0.15) is 25.3 Å². The normalized spacial score (nSPS) is 20.4. The highest BCUT2D eigenvalue weighted by Gasteiger charge is 2.31. The standard InChI is InChI=1S/C16H18F3NO5S/c1-10(25-14(21)8-11-6-7-26(23,24)9-11)15(22)20-13-4-2-12(3-5-13)16(17,18)19/h2-5,10-11H,6-9H2,1H3,(H,20,22)/t10-,11-/m0/s1. The van der Waals surface area contributed by atoms with Gasteiger partial charge in [-0.05, 0) is 43.5 Å². The molecule has 0 unspecified atom stereocenters. The molecule has 0 spiro atoms. The van der Waals surface area contributed by atoms with Crippen LogP contribution in [0.2, 0.25) is 0 Å². The summed E-state index contributed by atoms with van der Waals surface area (Å²) in [6.07, 6.45) is -5.36. The van der Waals surface area contributed by atoms with Gasteiger partial charge >= 0.3 is 12.1 Å². The monoisotopic (exact) mass is 393 g/mol. The first-order valence-electron chi connectivity index (χ1n) is 7.84. The van der Waals surface area contributed by atoms with E-state index >= 15 is 0 Å². The molecular weight excluding hydrogens is 375 g/mol. The van der Waals surface area contributed by atoms with Crippen molar-refractivity contribution in [1.29, 1.82) is 0 Å². The summed E-state index contributed by atoms with van der Waals surface area (Å²) in [6, 6.07) is 3.84. The fraction of sp³-hybridized carbons (Fsp3) is 0.500. The maximum absolute atomic E-state index is 12.5. The van der Waals surface area contributed by atoms with Crippen molar-refractivity contribution in [2.75, 3.05) is 16.8 Å². The van der Waals surface area contributed by atoms with Gasteiger partial charge < -0.3 is 10.1 Å². The molecule has 1 amide bonds. The molecule has 0 saturated carbocycles. The van der Waals surface area contributed by atoms with Gasteiger partial charge in [-0.15, -0.1) is 0 Å². The first-order valence-corrected chi connectivity index (χ1v) is 9.66. The van der Waals surface area contributed by atoms with Crippen LogP contribution in [0.15, 0.2) is 24.3 Å². The summed E-state index contributed by atoms with van der Waals surface area (Å²) in [4.78, 5) is 23.8. The molecule has 0 radical (unpaired) electrons. The van der Waals surface area contributed by atoms with Gasteiger partial charge in [-0.3, -0.25) is 9.59 Å². The van der Waals surface area contributed by atoms with Crippen LogP contribution in [-0.4, -0.2) is 37.9 Å². The van der Waals surface area contributed by atoms with Crippen LogP contribution in [0.5, 0.6) is 0 Å². The number of nitrogens with one attached hydrogen (secondary N) is 1. The number of carbonyl (C=O) groups is 2. The Bertz CT molecular complexity index is 774. The molecule has 1 N–H and O–H groups in total. The largest absolute Gasteiger partial charge is 0.453 e. The summed E-state index contributed by atoms with van der Waals surface area (Å²) in [6.45, 7) is 1.32. The zero-order chi connectivity index (χ0) is 19.5. The zero-order valence-electron chi connectivity index (χ0n) is 13.9. The van der Waals surface area contributed by atoms with Gasteiger partial charge in [-0.2, -0.15) is 13.2 Å². The van der Waals surface area contributed by atoms with Gasteiger partial charge in [0, 0.05) is 12.1 Å². The first-order chi connectivity index (χ1) is 12.0. The van der Waals surface area contributed by atoms with Gasteiger partial charge in [0.25, 0.3) is 5.91 Å². The van der Waals surface area contributed by atoms with E-state index in [0.717, 1.165) is 24.3 Å². The maximum atomic E-state index is 12.5. The Morgan fingerprint density at radius 3 is 2.38 bits per heavy atom. The Labute approximate surface area is 148 Å². The van der Waals surface area contributed by atoms with E-state index in [9.17, 15) is 31.2 Å². The van der Waals surface area contributed by atoms with Crippen molar-refractivity contribution < 1.29 is 35.9 Å². The molecule has 6 nitrogen and oxygen atoms in total. The molecule has 1 aromatic rings. The lowest BCUT2D eigenvalue weighted by Gasteiger charge is -2.15. The minimum atomic E-state index is -4.47. The summed E-state index contributed by atoms with van der Waals surface area (Å²) in [5.41, 5.74) is -0.714. The van der Waals surface area contributed by atoms with Crippen molar-refractivity contribution in [3.63, 3.8) is 0 Å². The number of esters is 1. The molecule has 0 aromatic heterocycles. The minimum absolute atomic E-state index is 0.0366. The maximum Gasteiger partial charge on any atom is 0.416 e. The van der Waals surface area contributed by atoms with E-state index in [1.807, 2.05) is 0 Å². The third kappa shape index (κ3) is 5.72. The van der Waals surface area contributed by atoms with Crippen LogP contribution in [0, 0.1) is 5.92 Å². The van der Waals surface area contributed by atoms with Gasteiger partial charge in [-0.1, -0.05) is 0 Å². The molecule has 1 fully saturated rings. The second-order valence-electron chi connectivity index (χ2n) is 6.17. The number of rotatable bonds is 5. The Morgan fingerprint density at radius 1 is 1.27 bits per heavy atom. The second-order valence-corrected chi connectivity index (χ2v) is 8.40. The number of hydrogen-bond donors (Lipinski definition) is 1. The van der Waals surface area contributed by atoms with Gasteiger partial charge in [0.1, 0.15) is 0 Å². The van der Waals surface area contributed by atoms with E-state index in [-0.39, 0.29) is 29.5 Å². The summed E-state index contributed by atoms with van der Waals surface area (Å²) in [5, 5.41) is 2.35. The van der Waals surface area contributed by atoms with Gasteiger partial charge in [0.15, 0.2) is 15.9 Å². The predicted octanol–water partition coefficient (Wildman–Crippen LogP) is 2.40. The predicted molar refractivity (Wildman–Crippen MR) is 87.0 cm³/mol. The van der Waals surface area contributed by atoms with Crippen molar-refractivity contribution in [3.05, 3.63) is 29.8 Å². The number of halogens is 3. The number of carbonyl (C=O) groups excluding carboxylic acids is 2. The van der Waals surface area contributed by atoms with E-state index in [1.54, 1.807) is 0 Å². The molecular formula is C16H18F3NO5S. The van der Waals surface area contributed by atoms with Crippen LogP contribution in [-0.2, 0) is 30.3 Å². The number of benzene rings is 1. The molecule has 1 aliphatic rings. The van der Waals surface area contributed by atoms with E-state index < -0.39 is 39.6 Å². The lowest BCUT2D eigenvalue weighted by Crippen LogP contribution is -2.30. The van der Waals surface area contributed by atoms with Crippen LogP contribution in [0.25, 0.3) is 0 Å². The number of anilines is 1. The first kappa shape index (κ1) is 20.2. The molecule has 1 heterocycles. The molecule has 2 rings (SSSR count). The number of amides is 1. The Morgan fingerprint density at radius 2 is 1.88 bits per heavy atom. The van der Waals surface area contributed by atoms with Crippen molar-refractivity contribution in [2.45, 2.75) is 32.0 Å². The highest BCUT2D eigenvalue weighted by molar-refractivity contribution is 7.91. The molecule has 26 heavy (non-hydrogen) atoms. The van der Waals surface area contributed by atoms with Gasteiger partial charge in [0.2, 0.25) is 0 Å². The lowest BCUT2D eigenvalue weighted by atomic mass is 10.1. The van der Waals surface area contributed by atoms with E-state index in [4.69, 9.17) is 4.74 Å². The van der Waals surface area contributed by atoms with Crippen molar-refractivity contribution in [3.8, 4) is 0 Å². The van der Waals surface area contributed by atoms with E-state index in [2.05, 4.69) is 5.32 Å². The van der Waals surface area contributed by atoms with Crippen molar-refractivity contribution in [2.24, 2.45) is 5.92 Å². The number of sulfone groups is 1. The topological polar surface area (TPSA) is 89.5 Å². The summed E-state index contributed by atoms with van der Waals surface area (Å²) in [5.74, 6) is -1.75. The van der Waals surface area contributed by atoms with Gasteiger partial charge in [-0.25, -0.2) is 8.42 Å². The lowest BCUT2D eigenvalue weighted by molar-refractivity contribution is -0.153.